The molecule has 1 aliphatic carbocycles. The van der Waals surface area contributed by atoms with Crippen molar-refractivity contribution in [1.29, 1.82) is 0 Å². The van der Waals surface area contributed by atoms with Gasteiger partial charge in [-0.1, -0.05) is 102 Å². The van der Waals surface area contributed by atoms with Crippen LogP contribution in [0.5, 0.6) is 0 Å². The summed E-state index contributed by atoms with van der Waals surface area (Å²) >= 11 is 0. The maximum absolute atomic E-state index is 11.2. The molecule has 223 valence electrons. The number of aliphatic hydroxyl groups is 1. The zero-order valence-corrected chi connectivity index (χ0v) is 28.7. The van der Waals surface area contributed by atoms with Crippen LogP contribution < -0.4 is 0 Å². The zero-order chi connectivity index (χ0) is 29.9. The fourth-order valence-corrected chi connectivity index (χ4v) is 5.61. The van der Waals surface area contributed by atoms with Crippen LogP contribution in [-0.4, -0.2) is 15.9 Å². The Morgan fingerprint density at radius 1 is 0.929 bits per heavy atom. The molecule has 1 heterocycles. The van der Waals surface area contributed by atoms with Gasteiger partial charge < -0.3 is 10.1 Å². The van der Waals surface area contributed by atoms with Crippen LogP contribution in [-0.2, 0) is 31.3 Å². The summed E-state index contributed by atoms with van der Waals surface area (Å²) in [6.07, 6.45) is 5.42. The van der Waals surface area contributed by atoms with Gasteiger partial charge in [-0.15, -0.1) is 29.3 Å². The molecule has 0 aliphatic heterocycles. The summed E-state index contributed by atoms with van der Waals surface area (Å²) < 4.78 is 0. The van der Waals surface area contributed by atoms with E-state index in [1.807, 2.05) is 33.9 Å². The van der Waals surface area contributed by atoms with E-state index < -0.39 is 0 Å². The van der Waals surface area contributed by atoms with E-state index >= 15 is 0 Å². The van der Waals surface area contributed by atoms with Crippen molar-refractivity contribution in [3.05, 3.63) is 89.8 Å². The molecule has 0 saturated heterocycles. The van der Waals surface area contributed by atoms with Crippen LogP contribution in [0, 0.1) is 30.2 Å². The Bertz CT molecular complexity index is 1590. The standard InChI is InChI=1S/C27H24N.C11H20O2.Ir/c1-17-13-19-11-12-28-26-22-10-9-18(16-27(2,3)4)15-23(22)20-7-5-6-8-21(20)24(14-17)25(19)26;1-8(2)5-10(12)7-11(13)6-9(3)4;/h5-9,11-15H,16H2,1-4H3;7-9,12H,5-6H2,1-4H3;/q-1;;/b;10-7-;. The third-order valence-corrected chi connectivity index (χ3v) is 7.04. The minimum absolute atomic E-state index is 0. The number of carbonyl (C=O) groups is 1. The van der Waals surface area contributed by atoms with Gasteiger partial charge in [0.05, 0.1) is 5.76 Å². The number of ketones is 1. The van der Waals surface area contributed by atoms with Crippen molar-refractivity contribution in [3.8, 4) is 33.5 Å². The summed E-state index contributed by atoms with van der Waals surface area (Å²) in [5.41, 5.74) is 10.1. The molecular formula is C38H44IrNO2-. The smallest absolute Gasteiger partial charge is 0.159 e. The van der Waals surface area contributed by atoms with Crippen molar-refractivity contribution in [2.24, 2.45) is 17.3 Å². The largest absolute Gasteiger partial charge is 0.512 e. The molecule has 1 N–H and O–H groups in total. The van der Waals surface area contributed by atoms with Crippen LogP contribution in [0.4, 0.5) is 0 Å². The Hall–Kier alpha value is -3.07. The third-order valence-electron chi connectivity index (χ3n) is 7.04. The fourth-order valence-electron chi connectivity index (χ4n) is 5.61. The molecule has 5 rings (SSSR count). The second kappa shape index (κ2) is 13.9. The van der Waals surface area contributed by atoms with Crippen LogP contribution in [0.25, 0.3) is 44.3 Å². The van der Waals surface area contributed by atoms with E-state index in [4.69, 9.17) is 4.98 Å². The molecule has 1 radical (unpaired) electrons. The molecule has 1 aliphatic rings. The number of fused-ring (bicyclic) bond motifs is 5. The molecule has 1 aromatic heterocycles. The van der Waals surface area contributed by atoms with Crippen molar-refractivity contribution in [2.75, 3.05) is 0 Å². The predicted octanol–water partition coefficient (Wildman–Crippen LogP) is 10.3. The number of carbonyl (C=O) groups excluding carboxylic acids is 1. The molecule has 0 bridgehead atoms. The number of aryl methyl sites for hydroxylation is 1. The SMILES string of the molecule is CC(C)CC(=O)/C=C(\O)CC(C)C.Cc1cc2c3c(nccc3c1)-c1[c-]cc(CC(C)(C)C)cc1-c1ccccc1-2.[Ir]. The van der Waals surface area contributed by atoms with Gasteiger partial charge >= 0.3 is 0 Å². The second-order valence-electron chi connectivity index (χ2n) is 13.4. The molecular weight excluding hydrogens is 695 g/mol. The molecule has 0 unspecified atom stereocenters. The molecule has 0 spiro atoms. The van der Waals surface area contributed by atoms with E-state index in [0.29, 0.717) is 24.7 Å². The van der Waals surface area contributed by atoms with Crippen LogP contribution in [0.2, 0.25) is 0 Å². The first kappa shape index (κ1) is 33.4. The summed E-state index contributed by atoms with van der Waals surface area (Å²) in [5.74, 6) is 0.979. The van der Waals surface area contributed by atoms with E-state index in [1.54, 1.807) is 0 Å². The monoisotopic (exact) mass is 739 g/mol. The summed E-state index contributed by atoms with van der Waals surface area (Å²) in [5, 5.41) is 11.8. The molecule has 0 fully saturated rings. The topological polar surface area (TPSA) is 50.2 Å². The quantitative estimate of drug-likeness (QED) is 0.107. The van der Waals surface area contributed by atoms with Gasteiger partial charge in [0.2, 0.25) is 0 Å². The van der Waals surface area contributed by atoms with Gasteiger partial charge in [-0.2, -0.15) is 0 Å². The maximum Gasteiger partial charge on any atom is 0.159 e. The molecule has 3 nitrogen and oxygen atoms in total. The third kappa shape index (κ3) is 8.27. The normalized spacial score (nSPS) is 12.2. The summed E-state index contributed by atoms with van der Waals surface area (Å²) in [6, 6.07) is 23.6. The molecule has 0 saturated carbocycles. The van der Waals surface area contributed by atoms with Crippen molar-refractivity contribution in [1.82, 2.24) is 4.98 Å². The van der Waals surface area contributed by atoms with Gasteiger partial charge in [0, 0.05) is 45.2 Å². The molecule has 4 heteroatoms. The van der Waals surface area contributed by atoms with Crippen LogP contribution in [0.1, 0.15) is 72.4 Å². The fraction of sp³-hybridized carbons (Fsp3) is 0.368. The van der Waals surface area contributed by atoms with Gasteiger partial charge in [-0.05, 0) is 63.4 Å². The number of pyridine rings is 1. The summed E-state index contributed by atoms with van der Waals surface area (Å²) in [4.78, 5) is 16.0. The minimum atomic E-state index is 0. The van der Waals surface area contributed by atoms with E-state index in [1.165, 1.54) is 50.2 Å². The maximum atomic E-state index is 11.2. The molecule has 0 amide bonds. The number of benzene rings is 3. The summed E-state index contributed by atoms with van der Waals surface area (Å²) in [6.45, 7) is 17.0. The molecule has 42 heavy (non-hydrogen) atoms. The number of allylic oxidation sites excluding steroid dienone is 2. The Kier molecular flexibility index (Phi) is 11.1. The Morgan fingerprint density at radius 3 is 2.19 bits per heavy atom. The number of nitrogens with zero attached hydrogens (tertiary/aromatic N) is 1. The second-order valence-corrected chi connectivity index (χ2v) is 13.4. The van der Waals surface area contributed by atoms with Crippen molar-refractivity contribution in [3.63, 3.8) is 0 Å². The number of hydrogen-bond donors (Lipinski definition) is 1. The Balaban J connectivity index is 0.000000297. The van der Waals surface area contributed by atoms with Crippen molar-refractivity contribution in [2.45, 2.75) is 74.7 Å². The molecule has 3 aromatic carbocycles. The average molecular weight is 739 g/mol. The van der Waals surface area contributed by atoms with E-state index in [-0.39, 0.29) is 37.1 Å². The van der Waals surface area contributed by atoms with E-state index in [0.717, 1.165) is 17.7 Å². The van der Waals surface area contributed by atoms with Crippen LogP contribution >= 0.6 is 0 Å². The van der Waals surface area contributed by atoms with Crippen LogP contribution in [0.3, 0.4) is 0 Å². The predicted molar refractivity (Wildman–Crippen MR) is 173 cm³/mol. The van der Waals surface area contributed by atoms with Gasteiger partial charge in [0.25, 0.3) is 0 Å². The first-order valence-electron chi connectivity index (χ1n) is 14.8. The van der Waals surface area contributed by atoms with Crippen LogP contribution in [0.15, 0.2) is 72.6 Å². The van der Waals surface area contributed by atoms with Gasteiger partial charge in [0.1, 0.15) is 0 Å². The number of aromatic nitrogens is 1. The van der Waals surface area contributed by atoms with Crippen molar-refractivity contribution >= 4 is 16.6 Å². The van der Waals surface area contributed by atoms with E-state index in [9.17, 15) is 9.90 Å². The first-order valence-corrected chi connectivity index (χ1v) is 14.8. The Morgan fingerprint density at radius 2 is 1.57 bits per heavy atom. The average Bonchev–Trinajstić information content (AvgIpc) is 2.96. The zero-order valence-electron chi connectivity index (χ0n) is 26.3. The van der Waals surface area contributed by atoms with E-state index in [2.05, 4.69) is 88.4 Å². The Labute approximate surface area is 265 Å². The van der Waals surface area contributed by atoms with Gasteiger partial charge in [-0.3, -0.25) is 4.79 Å². The molecule has 0 atom stereocenters. The number of hydrogen-bond acceptors (Lipinski definition) is 3. The summed E-state index contributed by atoms with van der Waals surface area (Å²) in [7, 11) is 0. The number of rotatable bonds is 6. The number of aliphatic hydroxyl groups excluding tert-OH is 1. The van der Waals surface area contributed by atoms with Gasteiger partial charge in [-0.25, -0.2) is 0 Å². The first-order chi connectivity index (χ1) is 19.3. The molecule has 4 aromatic rings. The minimum Gasteiger partial charge on any atom is -0.512 e. The van der Waals surface area contributed by atoms with Gasteiger partial charge in [0.15, 0.2) is 5.78 Å². The van der Waals surface area contributed by atoms with Crippen molar-refractivity contribution < 1.29 is 30.0 Å².